The van der Waals surface area contributed by atoms with Crippen LogP contribution in [0.4, 0.5) is 5.69 Å². The van der Waals surface area contributed by atoms with Gasteiger partial charge in [0.25, 0.3) is 0 Å². The van der Waals surface area contributed by atoms with E-state index in [4.69, 9.17) is 5.11 Å². The van der Waals surface area contributed by atoms with E-state index >= 15 is 0 Å². The Kier molecular flexibility index (Phi) is 3.74. The summed E-state index contributed by atoms with van der Waals surface area (Å²) in [5.74, 6) is -2.04. The van der Waals surface area contributed by atoms with E-state index in [-0.39, 0.29) is 24.4 Å². The van der Waals surface area contributed by atoms with Crippen LogP contribution >= 0.6 is 0 Å². The number of nitrogens with zero attached hydrogens (tertiary/aromatic N) is 1. The highest BCUT2D eigenvalue weighted by molar-refractivity contribution is 6.00. The van der Waals surface area contributed by atoms with Crippen LogP contribution in [-0.2, 0) is 14.3 Å². The smallest absolute Gasteiger partial charge is 0.335 e. The van der Waals surface area contributed by atoms with Gasteiger partial charge in [-0.15, -0.1) is 0 Å². The molecule has 1 aliphatic rings. The van der Waals surface area contributed by atoms with E-state index in [1.807, 2.05) is 0 Å². The number of hydrogen-bond donors (Lipinski definition) is 1. The van der Waals surface area contributed by atoms with Gasteiger partial charge in [-0.25, -0.2) is 4.79 Å². The Morgan fingerprint density at radius 2 is 2.10 bits per heavy atom. The van der Waals surface area contributed by atoms with Crippen molar-refractivity contribution in [3.05, 3.63) is 29.3 Å². The number of hydrogen-bond acceptors (Lipinski definition) is 4. The summed E-state index contributed by atoms with van der Waals surface area (Å²) >= 11 is 0. The highest BCUT2D eigenvalue weighted by Crippen LogP contribution is 2.27. The zero-order valence-electron chi connectivity index (χ0n) is 11.3. The number of amides is 1. The molecule has 1 aliphatic heterocycles. The molecule has 1 aromatic rings. The lowest BCUT2D eigenvalue weighted by atomic mass is 10.1. The van der Waals surface area contributed by atoms with Gasteiger partial charge in [0, 0.05) is 18.7 Å². The summed E-state index contributed by atoms with van der Waals surface area (Å²) in [7, 11) is 1.29. The van der Waals surface area contributed by atoms with E-state index in [0.717, 1.165) is 0 Å². The topological polar surface area (TPSA) is 83.9 Å². The van der Waals surface area contributed by atoms with Crippen LogP contribution in [0.5, 0.6) is 0 Å². The number of methoxy groups -OCH3 is 1. The number of esters is 1. The molecule has 1 N–H and O–H groups in total. The van der Waals surface area contributed by atoms with Crippen molar-refractivity contribution in [2.45, 2.75) is 13.3 Å². The van der Waals surface area contributed by atoms with Crippen LogP contribution in [0.15, 0.2) is 18.2 Å². The maximum Gasteiger partial charge on any atom is 0.335 e. The summed E-state index contributed by atoms with van der Waals surface area (Å²) in [5.41, 5.74) is 1.37. The Bertz CT molecular complexity index is 581. The van der Waals surface area contributed by atoms with E-state index in [9.17, 15) is 14.4 Å². The van der Waals surface area contributed by atoms with Gasteiger partial charge in [-0.1, -0.05) is 0 Å². The molecule has 20 heavy (non-hydrogen) atoms. The Morgan fingerprint density at radius 3 is 2.65 bits per heavy atom. The molecule has 0 bridgehead atoms. The third-order valence-electron chi connectivity index (χ3n) is 3.41. The monoisotopic (exact) mass is 277 g/mol. The first-order chi connectivity index (χ1) is 9.43. The lowest BCUT2D eigenvalue weighted by Gasteiger charge is -2.17. The fourth-order valence-electron chi connectivity index (χ4n) is 2.34. The van der Waals surface area contributed by atoms with E-state index < -0.39 is 17.9 Å². The summed E-state index contributed by atoms with van der Waals surface area (Å²) < 4.78 is 4.65. The highest BCUT2D eigenvalue weighted by Gasteiger charge is 2.35. The number of carbonyl (C=O) groups is 3. The van der Waals surface area contributed by atoms with Crippen molar-refractivity contribution in [1.29, 1.82) is 0 Å². The summed E-state index contributed by atoms with van der Waals surface area (Å²) in [6.45, 7) is 1.93. The van der Waals surface area contributed by atoms with Crippen LogP contribution in [-0.4, -0.2) is 36.6 Å². The van der Waals surface area contributed by atoms with Gasteiger partial charge in [-0.3, -0.25) is 9.59 Å². The Labute approximate surface area is 115 Å². The van der Waals surface area contributed by atoms with Crippen molar-refractivity contribution >= 4 is 23.5 Å². The molecule has 0 spiro atoms. The molecular formula is C14H15NO5. The number of carboxylic acids is 1. The molecular weight excluding hydrogens is 262 g/mol. The number of aromatic carboxylic acids is 1. The number of carbonyl (C=O) groups excluding carboxylic acids is 2. The molecule has 1 fully saturated rings. The predicted octanol–water partition coefficient (Wildman–Crippen LogP) is 1.22. The fraction of sp³-hybridized carbons (Fsp3) is 0.357. The van der Waals surface area contributed by atoms with Crippen LogP contribution in [0.3, 0.4) is 0 Å². The van der Waals surface area contributed by atoms with Gasteiger partial charge in [0.2, 0.25) is 5.91 Å². The maximum absolute atomic E-state index is 11.9. The zero-order chi connectivity index (χ0) is 14.9. The third kappa shape index (κ3) is 2.49. The highest BCUT2D eigenvalue weighted by atomic mass is 16.5. The van der Waals surface area contributed by atoms with E-state index in [1.165, 1.54) is 18.1 Å². The van der Waals surface area contributed by atoms with Gasteiger partial charge in [-0.2, -0.15) is 0 Å². The second-order valence-corrected chi connectivity index (χ2v) is 4.73. The second-order valence-electron chi connectivity index (χ2n) is 4.73. The number of anilines is 1. The van der Waals surface area contributed by atoms with Gasteiger partial charge in [-0.05, 0) is 30.7 Å². The molecule has 1 atom stereocenters. The van der Waals surface area contributed by atoms with Crippen molar-refractivity contribution < 1.29 is 24.2 Å². The number of aryl methyl sites for hydroxylation is 1. The molecule has 1 saturated heterocycles. The first-order valence-electron chi connectivity index (χ1n) is 6.16. The molecule has 1 aromatic carbocycles. The lowest BCUT2D eigenvalue weighted by molar-refractivity contribution is -0.145. The molecule has 0 saturated carbocycles. The zero-order valence-corrected chi connectivity index (χ0v) is 11.3. The van der Waals surface area contributed by atoms with Crippen molar-refractivity contribution in [2.75, 3.05) is 18.6 Å². The van der Waals surface area contributed by atoms with E-state index in [0.29, 0.717) is 11.3 Å². The summed E-state index contributed by atoms with van der Waals surface area (Å²) in [4.78, 5) is 35.8. The predicted molar refractivity (Wildman–Crippen MR) is 70.6 cm³/mol. The molecule has 6 nitrogen and oxygen atoms in total. The first-order valence-corrected chi connectivity index (χ1v) is 6.16. The van der Waals surface area contributed by atoms with E-state index in [2.05, 4.69) is 4.74 Å². The third-order valence-corrected chi connectivity index (χ3v) is 3.41. The molecule has 106 valence electrons. The quantitative estimate of drug-likeness (QED) is 0.840. The molecule has 0 radical (unpaired) electrons. The number of carboxylic acid groups (broad SMARTS) is 1. The van der Waals surface area contributed by atoms with Crippen molar-refractivity contribution in [3.63, 3.8) is 0 Å². The van der Waals surface area contributed by atoms with E-state index in [1.54, 1.807) is 19.1 Å². The Morgan fingerprint density at radius 1 is 1.40 bits per heavy atom. The van der Waals surface area contributed by atoms with Crippen molar-refractivity contribution in [1.82, 2.24) is 0 Å². The number of rotatable bonds is 3. The first kappa shape index (κ1) is 14.0. The largest absolute Gasteiger partial charge is 0.478 e. The molecule has 6 heteroatoms. The van der Waals surface area contributed by atoms with Crippen LogP contribution in [0, 0.1) is 12.8 Å². The van der Waals surface area contributed by atoms with Crippen molar-refractivity contribution in [2.24, 2.45) is 5.92 Å². The SMILES string of the molecule is COC(=O)C1CC(=O)N(c2ccc(C(=O)O)c(C)c2)C1. The average molecular weight is 277 g/mol. The van der Waals surface area contributed by atoms with Gasteiger partial charge < -0.3 is 14.7 Å². The van der Waals surface area contributed by atoms with Gasteiger partial charge in [0.05, 0.1) is 18.6 Å². The van der Waals surface area contributed by atoms with Gasteiger partial charge in [0.15, 0.2) is 0 Å². The Hall–Kier alpha value is -2.37. The lowest BCUT2D eigenvalue weighted by Crippen LogP contribution is -2.26. The van der Waals surface area contributed by atoms with Gasteiger partial charge >= 0.3 is 11.9 Å². The van der Waals surface area contributed by atoms with Crippen LogP contribution in [0.25, 0.3) is 0 Å². The number of ether oxygens (including phenoxy) is 1. The minimum absolute atomic E-state index is 0.117. The summed E-state index contributed by atoms with van der Waals surface area (Å²) in [5, 5.41) is 8.98. The maximum atomic E-state index is 11.9. The molecule has 0 aromatic heterocycles. The molecule has 2 rings (SSSR count). The molecule has 1 amide bonds. The Balaban J connectivity index is 2.24. The minimum Gasteiger partial charge on any atom is -0.478 e. The van der Waals surface area contributed by atoms with Gasteiger partial charge in [0.1, 0.15) is 0 Å². The van der Waals surface area contributed by atoms with Crippen LogP contribution in [0.2, 0.25) is 0 Å². The second kappa shape index (κ2) is 5.32. The summed E-state index contributed by atoms with van der Waals surface area (Å²) in [6, 6.07) is 4.68. The molecule has 0 aliphatic carbocycles. The minimum atomic E-state index is -1.01. The molecule has 1 unspecified atom stereocenters. The summed E-state index contributed by atoms with van der Waals surface area (Å²) in [6.07, 6.45) is 0.117. The van der Waals surface area contributed by atoms with Crippen LogP contribution < -0.4 is 4.90 Å². The molecule has 1 heterocycles. The van der Waals surface area contributed by atoms with Crippen molar-refractivity contribution in [3.8, 4) is 0 Å². The number of benzene rings is 1. The standard InChI is InChI=1S/C14H15NO5/c1-8-5-10(3-4-11(8)13(17)18)15-7-9(6-12(15)16)14(19)20-2/h3-5,9H,6-7H2,1-2H3,(H,17,18). The van der Waals surface area contributed by atoms with Crippen LogP contribution in [0.1, 0.15) is 22.3 Å². The normalized spacial score (nSPS) is 18.2. The fourth-order valence-corrected chi connectivity index (χ4v) is 2.34. The average Bonchev–Trinajstić information content (AvgIpc) is 2.79.